The summed E-state index contributed by atoms with van der Waals surface area (Å²) in [5.74, 6) is 6.94. The molecule has 3 aliphatic heterocycles. The monoisotopic (exact) mass is 1250 g/mol. The first-order valence-corrected chi connectivity index (χ1v) is 38.4. The Bertz CT molecular complexity index is 2990. The first-order valence-electron chi connectivity index (χ1n) is 32.6. The fourth-order valence-electron chi connectivity index (χ4n) is 10.5. The van der Waals surface area contributed by atoms with Crippen molar-refractivity contribution in [1.82, 2.24) is 0 Å². The number of carbonyl (C=O) groups excluding carboxylic acids is 4. The fraction of sp³-hybridized carbons (Fsp3) is 0.553. The van der Waals surface area contributed by atoms with Crippen LogP contribution in [-0.2, 0) is 45.5 Å². The summed E-state index contributed by atoms with van der Waals surface area (Å²) in [5, 5.41) is 20.4. The molecule has 3 fully saturated rings. The molecule has 0 spiro atoms. The molecular formula is C76H110O11Si2. The van der Waals surface area contributed by atoms with Gasteiger partial charge in [-0.3, -0.25) is 4.79 Å². The zero-order valence-electron chi connectivity index (χ0n) is 57.4. The number of ketones is 1. The van der Waals surface area contributed by atoms with Gasteiger partial charge in [-0.25, -0.2) is 14.4 Å². The molecule has 0 saturated heterocycles. The molecule has 488 valence electrons. The second-order valence-electron chi connectivity index (χ2n) is 28.2. The lowest BCUT2D eigenvalue weighted by Gasteiger charge is -2.39. The zero-order valence-corrected chi connectivity index (χ0v) is 59.4. The Balaban J connectivity index is 0.000000270. The molecule has 0 bridgehead atoms. The normalized spacial score (nSPS) is 28.2. The van der Waals surface area contributed by atoms with E-state index in [9.17, 15) is 29.4 Å². The number of phenols is 2. The van der Waals surface area contributed by atoms with E-state index in [2.05, 4.69) is 180 Å². The zero-order chi connectivity index (χ0) is 66.6. The van der Waals surface area contributed by atoms with E-state index in [1.54, 1.807) is 13.0 Å². The highest BCUT2D eigenvalue weighted by Gasteiger charge is 2.42. The smallest absolute Gasteiger partial charge is 0.384 e. The average molecular weight is 1260 g/mol. The number of allylic oxidation sites excluding steroid dienone is 12. The maximum atomic E-state index is 13.2. The van der Waals surface area contributed by atoms with E-state index in [1.807, 2.05) is 45.9 Å². The predicted molar refractivity (Wildman–Crippen MR) is 369 cm³/mol. The van der Waals surface area contributed by atoms with Crippen LogP contribution in [0.1, 0.15) is 182 Å². The molecule has 0 aromatic heterocycles. The van der Waals surface area contributed by atoms with Crippen molar-refractivity contribution >= 4 is 40.3 Å². The van der Waals surface area contributed by atoms with Gasteiger partial charge in [0, 0.05) is 31.2 Å². The molecule has 8 rings (SSSR count). The number of ether oxygens (including phenoxy) is 3. The molecule has 11 atom stereocenters. The van der Waals surface area contributed by atoms with Gasteiger partial charge in [-0.1, -0.05) is 158 Å². The number of phenolic OH excluding ortho intramolecular Hbond substituents is 2. The molecule has 13 heteroatoms. The largest absolute Gasteiger partial charge is 0.508 e. The molecule has 2 N–H and O–H groups in total. The van der Waals surface area contributed by atoms with E-state index in [0.29, 0.717) is 59.5 Å². The predicted octanol–water partition coefficient (Wildman–Crippen LogP) is 18.2. The Morgan fingerprint density at radius 2 is 1.02 bits per heavy atom. The van der Waals surface area contributed by atoms with Crippen LogP contribution < -0.4 is 0 Å². The second kappa shape index (κ2) is 34.4. The van der Waals surface area contributed by atoms with Crippen molar-refractivity contribution in [2.24, 2.45) is 35.5 Å². The third-order valence-corrected chi connectivity index (χ3v) is 27.1. The summed E-state index contributed by atoms with van der Waals surface area (Å²) < 4.78 is 30.1. The summed E-state index contributed by atoms with van der Waals surface area (Å²) in [6, 6.07) is 5.32. The first kappa shape index (κ1) is 75.4. The van der Waals surface area contributed by atoms with Gasteiger partial charge < -0.3 is 33.3 Å². The molecule has 89 heavy (non-hydrogen) atoms. The van der Waals surface area contributed by atoms with Crippen molar-refractivity contribution in [3.63, 3.8) is 0 Å². The lowest BCUT2D eigenvalue weighted by Crippen LogP contribution is -2.44. The maximum absolute atomic E-state index is 13.2. The van der Waals surface area contributed by atoms with E-state index in [-0.39, 0.29) is 75.8 Å². The SMILES string of the molecule is C=CCC.C=CCC.C[C@@H]1C[C@H]2C[C@@H]2/C=C\C=C\C(O[Si](C)(C)C(C)(C)C)CC#CC(=O)O1.Cc1c(O)cc(O)c2c1CC(=O)/C=C/C=C\[C@H]1C[C@@H]1C[C@@H](C)OC2=O.Cc1cc(C)c2c(c1)CC(O[Si](C)(C)C(C)(C)C)/C=C/C=C\[C@H]1C[C@@H]1C[C@@H](C)OC2=O. The number of rotatable bonds is 6. The summed E-state index contributed by atoms with van der Waals surface area (Å²) in [6.45, 7) is 45.1. The molecule has 3 heterocycles. The van der Waals surface area contributed by atoms with Gasteiger partial charge in [0.25, 0.3) is 0 Å². The molecule has 2 aromatic rings. The van der Waals surface area contributed by atoms with Crippen LogP contribution in [0.25, 0.3) is 0 Å². The van der Waals surface area contributed by atoms with E-state index in [4.69, 9.17) is 23.1 Å². The minimum Gasteiger partial charge on any atom is -0.508 e. The van der Waals surface area contributed by atoms with Crippen molar-refractivity contribution in [3.8, 4) is 23.3 Å². The van der Waals surface area contributed by atoms with Crippen molar-refractivity contribution < 1.29 is 52.5 Å². The van der Waals surface area contributed by atoms with Crippen LogP contribution in [0.15, 0.2) is 116 Å². The number of aromatic hydroxyl groups is 2. The van der Waals surface area contributed by atoms with Crippen LogP contribution in [0.5, 0.6) is 11.5 Å². The summed E-state index contributed by atoms with van der Waals surface area (Å²) in [4.78, 5) is 49.9. The number of esters is 3. The number of benzene rings is 2. The van der Waals surface area contributed by atoms with Gasteiger partial charge >= 0.3 is 17.9 Å². The molecule has 0 amide bonds. The topological polar surface area (TPSA) is 155 Å². The maximum Gasteiger partial charge on any atom is 0.384 e. The van der Waals surface area contributed by atoms with Gasteiger partial charge in [-0.15, -0.1) is 13.2 Å². The molecule has 11 nitrogen and oxygen atoms in total. The number of hydrogen-bond donors (Lipinski definition) is 2. The van der Waals surface area contributed by atoms with Gasteiger partial charge in [0.15, 0.2) is 22.4 Å². The van der Waals surface area contributed by atoms with Gasteiger partial charge in [-0.2, -0.15) is 0 Å². The van der Waals surface area contributed by atoms with Crippen LogP contribution in [0.3, 0.4) is 0 Å². The number of hydrogen-bond acceptors (Lipinski definition) is 11. The van der Waals surface area contributed by atoms with E-state index in [0.717, 1.165) is 66.8 Å². The second-order valence-corrected chi connectivity index (χ2v) is 37.7. The molecule has 6 aliphatic rings. The molecular weight excluding hydrogens is 1140 g/mol. The summed E-state index contributed by atoms with van der Waals surface area (Å²) in [7, 11) is -3.87. The number of carbonyl (C=O) groups is 4. The van der Waals surface area contributed by atoms with Gasteiger partial charge in [0.1, 0.15) is 23.2 Å². The minimum atomic E-state index is -1.97. The molecule has 2 aromatic carbocycles. The number of cyclic esters (lactones) is 3. The van der Waals surface area contributed by atoms with Gasteiger partial charge in [0.05, 0.1) is 30.0 Å². The van der Waals surface area contributed by atoms with Crippen LogP contribution in [0, 0.1) is 68.1 Å². The van der Waals surface area contributed by atoms with Gasteiger partial charge in [-0.05, 0) is 193 Å². The Morgan fingerprint density at radius 1 is 0.596 bits per heavy atom. The van der Waals surface area contributed by atoms with Crippen LogP contribution >= 0.6 is 0 Å². The molecule has 0 radical (unpaired) electrons. The van der Waals surface area contributed by atoms with Crippen molar-refractivity contribution in [2.75, 3.05) is 0 Å². The Labute approximate surface area is 538 Å². The van der Waals surface area contributed by atoms with E-state index < -0.39 is 28.6 Å². The van der Waals surface area contributed by atoms with Crippen LogP contribution in [-0.4, -0.2) is 81.1 Å². The van der Waals surface area contributed by atoms with E-state index in [1.165, 1.54) is 18.9 Å². The average Bonchev–Trinajstić information content (AvgIpc) is 2.31. The highest BCUT2D eigenvalue weighted by molar-refractivity contribution is 6.74. The van der Waals surface area contributed by atoms with Crippen molar-refractivity contribution in [1.29, 1.82) is 0 Å². The van der Waals surface area contributed by atoms with Crippen molar-refractivity contribution in [2.45, 2.75) is 234 Å². The summed E-state index contributed by atoms with van der Waals surface area (Å²) in [5.41, 5.74) is 4.54. The van der Waals surface area contributed by atoms with Crippen LogP contribution in [0.2, 0.25) is 36.3 Å². The Morgan fingerprint density at radius 3 is 1.49 bits per heavy atom. The third-order valence-electron chi connectivity index (χ3n) is 18.1. The Hall–Kier alpha value is -6.05. The lowest BCUT2D eigenvalue weighted by molar-refractivity contribution is -0.141. The highest BCUT2D eigenvalue weighted by atomic mass is 28.4. The minimum absolute atomic E-state index is 0.0381. The molecule has 2 unspecified atom stereocenters. The number of fused-ring (bicyclic) bond motifs is 5. The standard InChI is InChI=1S/C27H40O3Si.C21H32O3Si.C20H22O5.2C4H8/c1-18-13-19(2)25-23(14-18)17-24(30-31(7,8)27(4,5)6)12-10-9-11-21-16-22(21)15-20(3)29-26(25)28;1-16-14-18-15-17(18)10-7-8-11-19(12-9-13-20(22)23-16)24-25(5,6)21(2,3)4;1-11-7-14-8-13(14)5-3-4-6-15(21)9-16-12(2)17(22)10-18(23)19(16)20(24)25-11;2*1-3-4-2/h9-14,20-22,24H,15-17H2,1-8H3;7-8,10-11,16-19H,12,14-15H2,1-6H3;3-6,10-11,13-14,22-23H,7-9H2,1-2H3;2*3H,1,4H2,2H3/b11-9-,12-10+;10-7-,11-8+;5-3-,6-4+;;/t20-,21+,22+,24?;16-,17+,18+,19?;11-,13+,14+;;/m111../s1. The quantitative estimate of drug-likeness (QED) is 0.0709. The summed E-state index contributed by atoms with van der Waals surface area (Å²) >= 11 is 0. The van der Waals surface area contributed by atoms with Crippen LogP contribution in [0.4, 0.5) is 0 Å². The first-order chi connectivity index (χ1) is 41.6. The summed E-state index contributed by atoms with van der Waals surface area (Å²) in [6.07, 6.45) is 36.9. The van der Waals surface area contributed by atoms with Gasteiger partial charge in [0.2, 0.25) is 0 Å². The molecule has 3 saturated carbocycles. The lowest BCUT2D eigenvalue weighted by atomic mass is 9.94. The molecule has 3 aliphatic carbocycles. The van der Waals surface area contributed by atoms with E-state index >= 15 is 0 Å². The highest BCUT2D eigenvalue weighted by Crippen LogP contribution is 2.46. The third kappa shape index (κ3) is 24.9. The van der Waals surface area contributed by atoms with Crippen molar-refractivity contribution in [3.05, 3.63) is 155 Å². The number of aryl methyl sites for hydroxylation is 2. The fourth-order valence-corrected chi connectivity index (χ4v) is 13.0. The Kier molecular flexibility index (Phi) is 29.1.